The summed E-state index contributed by atoms with van der Waals surface area (Å²) in [5, 5.41) is 1.06. The van der Waals surface area contributed by atoms with Crippen LogP contribution in [0.3, 0.4) is 0 Å². The van der Waals surface area contributed by atoms with Crippen LogP contribution in [0.5, 0.6) is 0 Å². The molecule has 3 aromatic heterocycles. The maximum atomic E-state index is 13.3. The van der Waals surface area contributed by atoms with Gasteiger partial charge in [0.2, 0.25) is 0 Å². The first kappa shape index (κ1) is 16.1. The Morgan fingerprint density at radius 1 is 1.24 bits per heavy atom. The molecule has 0 N–H and O–H groups in total. The molecule has 0 bridgehead atoms. The fourth-order valence-corrected chi connectivity index (χ4v) is 4.80. The number of thiophene rings is 1. The van der Waals surface area contributed by atoms with E-state index < -0.39 is 0 Å². The van der Waals surface area contributed by atoms with Crippen LogP contribution in [-0.4, -0.2) is 27.4 Å². The fraction of sp³-hybridized carbons (Fsp3) is 0.300. The van der Waals surface area contributed by atoms with Crippen molar-refractivity contribution in [3.63, 3.8) is 0 Å². The van der Waals surface area contributed by atoms with Crippen molar-refractivity contribution in [2.75, 3.05) is 7.05 Å². The monoisotopic (exact) mass is 351 g/mol. The van der Waals surface area contributed by atoms with Gasteiger partial charge in [0.1, 0.15) is 5.00 Å². The van der Waals surface area contributed by atoms with Gasteiger partial charge in [0.25, 0.3) is 5.91 Å². The Labute approximate surface area is 151 Å². The Hall–Kier alpha value is -2.40. The quantitative estimate of drug-likeness (QED) is 0.710. The van der Waals surface area contributed by atoms with Crippen LogP contribution in [0.25, 0.3) is 5.00 Å². The Balaban J connectivity index is 1.70. The molecule has 1 aliphatic rings. The molecule has 0 radical (unpaired) electrons. The van der Waals surface area contributed by atoms with E-state index in [0.29, 0.717) is 6.54 Å². The standard InChI is InChI=1S/C20H21N3OS/c1-22(14-15-7-6-10-21-13-15)19(24)18-16-8-2-3-9-17(16)25-20(18)23-11-4-5-12-23/h4-7,10-13H,2-3,8-9,14H2,1H3. The SMILES string of the molecule is CN(Cc1cccnc1)C(=O)c1c(-n2cccc2)sc2c1CCCC2. The van der Waals surface area contributed by atoms with Crippen LogP contribution in [0.2, 0.25) is 0 Å². The lowest BCUT2D eigenvalue weighted by atomic mass is 9.95. The second-order valence-corrected chi connectivity index (χ2v) is 7.59. The van der Waals surface area contributed by atoms with Crippen molar-refractivity contribution in [3.8, 4) is 5.00 Å². The van der Waals surface area contributed by atoms with Gasteiger partial charge < -0.3 is 9.47 Å². The van der Waals surface area contributed by atoms with Crippen molar-refractivity contribution in [2.24, 2.45) is 0 Å². The highest BCUT2D eigenvalue weighted by Crippen LogP contribution is 2.37. The molecule has 1 aliphatic carbocycles. The van der Waals surface area contributed by atoms with Crippen LogP contribution >= 0.6 is 11.3 Å². The smallest absolute Gasteiger partial charge is 0.257 e. The summed E-state index contributed by atoms with van der Waals surface area (Å²) >= 11 is 1.77. The predicted molar refractivity (Wildman–Crippen MR) is 100 cm³/mol. The van der Waals surface area contributed by atoms with Gasteiger partial charge in [0.15, 0.2) is 0 Å². The minimum absolute atomic E-state index is 0.104. The van der Waals surface area contributed by atoms with E-state index in [-0.39, 0.29) is 5.91 Å². The Bertz CT molecular complexity index is 868. The summed E-state index contributed by atoms with van der Waals surface area (Å²) in [4.78, 5) is 20.6. The molecular formula is C20H21N3OS. The molecule has 0 saturated carbocycles. The summed E-state index contributed by atoms with van der Waals surface area (Å²) in [7, 11) is 1.88. The second-order valence-electron chi connectivity index (χ2n) is 6.50. The Morgan fingerprint density at radius 3 is 2.80 bits per heavy atom. The second kappa shape index (κ2) is 6.84. The fourth-order valence-electron chi connectivity index (χ4n) is 3.45. The van der Waals surface area contributed by atoms with Gasteiger partial charge in [-0.15, -0.1) is 11.3 Å². The van der Waals surface area contributed by atoms with Gasteiger partial charge in [0.05, 0.1) is 5.56 Å². The van der Waals surface area contributed by atoms with Gasteiger partial charge >= 0.3 is 0 Å². The molecule has 3 aromatic rings. The highest BCUT2D eigenvalue weighted by atomic mass is 32.1. The van der Waals surface area contributed by atoms with E-state index >= 15 is 0 Å². The van der Waals surface area contributed by atoms with Gasteiger partial charge in [-0.3, -0.25) is 9.78 Å². The molecular weight excluding hydrogens is 330 g/mol. The van der Waals surface area contributed by atoms with Crippen molar-refractivity contribution in [2.45, 2.75) is 32.2 Å². The number of aryl methyl sites for hydroxylation is 1. The van der Waals surface area contributed by atoms with Crippen molar-refractivity contribution in [3.05, 3.63) is 70.6 Å². The molecule has 0 atom stereocenters. The highest BCUT2D eigenvalue weighted by molar-refractivity contribution is 7.15. The first-order chi connectivity index (χ1) is 12.2. The molecule has 0 unspecified atom stereocenters. The third-order valence-corrected chi connectivity index (χ3v) is 6.00. The van der Waals surface area contributed by atoms with Gasteiger partial charge in [-0.1, -0.05) is 6.07 Å². The van der Waals surface area contributed by atoms with Crippen LogP contribution in [0.4, 0.5) is 0 Å². The number of fused-ring (bicyclic) bond motifs is 1. The van der Waals surface area contributed by atoms with Crippen molar-refractivity contribution in [1.82, 2.24) is 14.5 Å². The minimum atomic E-state index is 0.104. The summed E-state index contributed by atoms with van der Waals surface area (Å²) < 4.78 is 2.08. The predicted octanol–water partition coefficient (Wildman–Crippen LogP) is 4.08. The van der Waals surface area contributed by atoms with Crippen molar-refractivity contribution >= 4 is 17.2 Å². The number of hydrogen-bond donors (Lipinski definition) is 0. The number of pyridine rings is 1. The van der Waals surface area contributed by atoms with E-state index in [1.54, 1.807) is 22.4 Å². The van der Waals surface area contributed by atoms with E-state index in [4.69, 9.17) is 0 Å². The van der Waals surface area contributed by atoms with Crippen molar-refractivity contribution in [1.29, 1.82) is 0 Å². The Morgan fingerprint density at radius 2 is 2.04 bits per heavy atom. The number of rotatable bonds is 4. The molecule has 0 saturated heterocycles. The molecule has 0 spiro atoms. The molecule has 5 heteroatoms. The molecule has 3 heterocycles. The largest absolute Gasteiger partial charge is 0.337 e. The van der Waals surface area contributed by atoms with E-state index in [1.807, 2.05) is 49.9 Å². The summed E-state index contributed by atoms with van der Waals surface area (Å²) in [5.74, 6) is 0.104. The molecule has 1 amide bonds. The normalized spacial score (nSPS) is 13.5. The summed E-state index contributed by atoms with van der Waals surface area (Å²) in [6.07, 6.45) is 12.1. The molecule has 0 aromatic carbocycles. The third-order valence-electron chi connectivity index (χ3n) is 4.69. The number of carbonyl (C=O) groups excluding carboxylic acids is 1. The third kappa shape index (κ3) is 3.12. The van der Waals surface area contributed by atoms with Crippen LogP contribution in [-0.2, 0) is 19.4 Å². The number of nitrogens with zero attached hydrogens (tertiary/aromatic N) is 3. The Kier molecular flexibility index (Phi) is 4.40. The first-order valence-electron chi connectivity index (χ1n) is 8.66. The zero-order valence-electron chi connectivity index (χ0n) is 14.3. The van der Waals surface area contributed by atoms with E-state index in [0.717, 1.165) is 29.0 Å². The van der Waals surface area contributed by atoms with Gasteiger partial charge in [0, 0.05) is 43.3 Å². The summed E-state index contributed by atoms with van der Waals surface area (Å²) in [5.41, 5.74) is 3.20. The number of hydrogen-bond acceptors (Lipinski definition) is 3. The summed E-state index contributed by atoms with van der Waals surface area (Å²) in [6.45, 7) is 0.572. The zero-order valence-corrected chi connectivity index (χ0v) is 15.1. The van der Waals surface area contributed by atoms with E-state index in [1.165, 1.54) is 23.3 Å². The average Bonchev–Trinajstić information content (AvgIpc) is 3.29. The maximum Gasteiger partial charge on any atom is 0.257 e. The van der Waals surface area contributed by atoms with Crippen molar-refractivity contribution < 1.29 is 4.79 Å². The van der Waals surface area contributed by atoms with Crippen LogP contribution < -0.4 is 0 Å². The van der Waals surface area contributed by atoms with Gasteiger partial charge in [-0.2, -0.15) is 0 Å². The topological polar surface area (TPSA) is 38.1 Å². The maximum absolute atomic E-state index is 13.3. The molecule has 128 valence electrons. The number of aromatic nitrogens is 2. The molecule has 4 nitrogen and oxygen atoms in total. The van der Waals surface area contributed by atoms with Crippen LogP contribution in [0.1, 0.15) is 39.2 Å². The molecule has 25 heavy (non-hydrogen) atoms. The first-order valence-corrected chi connectivity index (χ1v) is 9.48. The van der Waals surface area contributed by atoms with E-state index in [2.05, 4.69) is 9.55 Å². The number of carbonyl (C=O) groups is 1. The van der Waals surface area contributed by atoms with E-state index in [9.17, 15) is 4.79 Å². The summed E-state index contributed by atoms with van der Waals surface area (Å²) in [6, 6.07) is 7.93. The zero-order chi connectivity index (χ0) is 17.2. The molecule has 0 fully saturated rings. The van der Waals surface area contributed by atoms with Gasteiger partial charge in [-0.05, 0) is 55.0 Å². The average molecular weight is 351 g/mol. The van der Waals surface area contributed by atoms with Gasteiger partial charge in [-0.25, -0.2) is 0 Å². The number of amides is 1. The van der Waals surface area contributed by atoms with Crippen LogP contribution in [0, 0.1) is 0 Å². The highest BCUT2D eigenvalue weighted by Gasteiger charge is 2.27. The molecule has 4 rings (SSSR count). The van der Waals surface area contributed by atoms with Crippen LogP contribution in [0.15, 0.2) is 49.1 Å². The minimum Gasteiger partial charge on any atom is -0.337 e. The lowest BCUT2D eigenvalue weighted by molar-refractivity contribution is 0.0784. The lowest BCUT2D eigenvalue weighted by Gasteiger charge is -2.20. The molecule has 0 aliphatic heterocycles. The lowest BCUT2D eigenvalue weighted by Crippen LogP contribution is -2.28.